The zero-order chi connectivity index (χ0) is 20.8. The maximum absolute atomic E-state index is 12.8. The molecular formula is C23H38N4O3+2. The molecule has 166 valence electrons. The molecule has 7 heteroatoms. The number of hydrogen-bond acceptors (Lipinski definition) is 4. The molecule has 1 aromatic rings. The van der Waals surface area contributed by atoms with Gasteiger partial charge in [0.15, 0.2) is 6.54 Å². The van der Waals surface area contributed by atoms with Crippen molar-refractivity contribution in [2.45, 2.75) is 37.6 Å². The fourth-order valence-corrected chi connectivity index (χ4v) is 5.51. The number of phenols is 1. The van der Waals surface area contributed by atoms with Crippen molar-refractivity contribution >= 4 is 11.6 Å². The van der Waals surface area contributed by atoms with Gasteiger partial charge in [-0.3, -0.25) is 4.79 Å². The van der Waals surface area contributed by atoms with E-state index >= 15 is 0 Å². The van der Waals surface area contributed by atoms with E-state index in [0.717, 1.165) is 64.7 Å². The van der Waals surface area contributed by atoms with Gasteiger partial charge in [0, 0.05) is 18.5 Å². The molecule has 2 heterocycles. The Labute approximate surface area is 180 Å². The number of quaternary nitrogens is 2. The number of amides is 1. The van der Waals surface area contributed by atoms with Crippen LogP contribution in [0.3, 0.4) is 0 Å². The molecule has 1 aromatic carbocycles. The minimum Gasteiger partial charge on any atom is -0.508 e. The summed E-state index contributed by atoms with van der Waals surface area (Å²) in [4.78, 5) is 18.1. The van der Waals surface area contributed by atoms with Gasteiger partial charge in [-0.2, -0.15) is 0 Å². The number of phenolic OH excluding ortho intramolecular Hbond substituents is 1. The second-order valence-corrected chi connectivity index (χ2v) is 9.26. The molecule has 4 rings (SSSR count). The lowest BCUT2D eigenvalue weighted by atomic mass is 9.79. The second-order valence-electron chi connectivity index (χ2n) is 9.26. The normalized spacial score (nSPS) is 23.3. The molecule has 1 amide bonds. The molecule has 4 N–H and O–H groups in total. The predicted octanol–water partition coefficient (Wildman–Crippen LogP) is -1.17. The third kappa shape index (κ3) is 5.25. The summed E-state index contributed by atoms with van der Waals surface area (Å²) in [5, 5.41) is 12.8. The highest BCUT2D eigenvalue weighted by Crippen LogP contribution is 2.25. The molecule has 0 aromatic heterocycles. The molecule has 0 bridgehead atoms. The van der Waals surface area contributed by atoms with Crippen LogP contribution in [0.1, 0.15) is 32.1 Å². The van der Waals surface area contributed by atoms with Gasteiger partial charge >= 0.3 is 0 Å². The largest absolute Gasteiger partial charge is 0.508 e. The lowest BCUT2D eigenvalue weighted by Gasteiger charge is -2.45. The molecule has 30 heavy (non-hydrogen) atoms. The lowest BCUT2D eigenvalue weighted by Crippen LogP contribution is -3.23. The van der Waals surface area contributed by atoms with Crippen molar-refractivity contribution in [3.05, 3.63) is 24.3 Å². The van der Waals surface area contributed by atoms with Gasteiger partial charge in [0.05, 0.1) is 45.9 Å². The average molecular weight is 419 g/mol. The van der Waals surface area contributed by atoms with E-state index in [0.29, 0.717) is 12.3 Å². The first-order valence-corrected chi connectivity index (χ1v) is 11.7. The number of hydrogen-bond donors (Lipinski definition) is 4. The predicted molar refractivity (Wildman–Crippen MR) is 116 cm³/mol. The van der Waals surface area contributed by atoms with Crippen LogP contribution < -0.4 is 20.0 Å². The molecule has 0 unspecified atom stereocenters. The molecule has 0 radical (unpaired) electrons. The van der Waals surface area contributed by atoms with Crippen molar-refractivity contribution in [3.63, 3.8) is 0 Å². The van der Waals surface area contributed by atoms with Gasteiger partial charge in [-0.15, -0.1) is 0 Å². The molecule has 3 fully saturated rings. The van der Waals surface area contributed by atoms with E-state index in [9.17, 15) is 9.90 Å². The third-order valence-corrected chi connectivity index (χ3v) is 7.38. The van der Waals surface area contributed by atoms with Crippen molar-refractivity contribution in [3.8, 4) is 5.75 Å². The molecule has 1 aliphatic carbocycles. The van der Waals surface area contributed by atoms with Crippen LogP contribution in [0.5, 0.6) is 5.75 Å². The van der Waals surface area contributed by atoms with Crippen LogP contribution >= 0.6 is 0 Å². The Morgan fingerprint density at radius 1 is 1.03 bits per heavy atom. The van der Waals surface area contributed by atoms with E-state index in [1.807, 2.05) is 12.1 Å². The Bertz CT molecular complexity index is 676. The maximum Gasteiger partial charge on any atom is 0.275 e. The van der Waals surface area contributed by atoms with Gasteiger partial charge in [0.25, 0.3) is 5.91 Å². The number of anilines is 1. The number of nitrogens with one attached hydrogen (secondary N) is 3. The smallest absolute Gasteiger partial charge is 0.275 e. The van der Waals surface area contributed by atoms with E-state index < -0.39 is 0 Å². The number of ether oxygens (including phenoxy) is 1. The van der Waals surface area contributed by atoms with Gasteiger partial charge in [-0.1, -0.05) is 6.42 Å². The van der Waals surface area contributed by atoms with E-state index in [4.69, 9.17) is 4.74 Å². The molecule has 0 spiro atoms. The summed E-state index contributed by atoms with van der Waals surface area (Å²) in [5.74, 6) is 0.495. The molecule has 0 atom stereocenters. The Morgan fingerprint density at radius 2 is 1.70 bits per heavy atom. The number of nitrogens with zero attached hydrogens (tertiary/aromatic N) is 1. The summed E-state index contributed by atoms with van der Waals surface area (Å²) in [6.45, 7) is 9.03. The summed E-state index contributed by atoms with van der Waals surface area (Å²) in [6, 6.07) is 7.40. The molecule has 1 saturated carbocycles. The molecule has 3 aliphatic rings. The molecule has 7 nitrogen and oxygen atoms in total. The number of carbonyl (C=O) groups is 1. The Hall–Kier alpha value is -1.83. The minimum absolute atomic E-state index is 0.195. The fraction of sp³-hybridized carbons (Fsp3) is 0.696. The first kappa shape index (κ1) is 21.4. The zero-order valence-corrected chi connectivity index (χ0v) is 18.1. The highest BCUT2D eigenvalue weighted by atomic mass is 16.5. The summed E-state index contributed by atoms with van der Waals surface area (Å²) >= 11 is 0. The molecular weight excluding hydrogens is 380 g/mol. The number of benzene rings is 1. The number of morpholine rings is 1. The van der Waals surface area contributed by atoms with E-state index in [2.05, 4.69) is 10.2 Å². The van der Waals surface area contributed by atoms with Crippen molar-refractivity contribution in [2.75, 3.05) is 70.5 Å². The van der Waals surface area contributed by atoms with Crippen LogP contribution in [0.4, 0.5) is 5.69 Å². The summed E-state index contributed by atoms with van der Waals surface area (Å²) < 4.78 is 5.58. The van der Waals surface area contributed by atoms with Crippen LogP contribution in [0.25, 0.3) is 0 Å². The average Bonchev–Trinajstić information content (AvgIpc) is 2.80. The Morgan fingerprint density at radius 3 is 2.37 bits per heavy atom. The molecule has 2 saturated heterocycles. The van der Waals surface area contributed by atoms with Crippen molar-refractivity contribution < 1.29 is 24.4 Å². The minimum atomic E-state index is 0.195. The van der Waals surface area contributed by atoms with Gasteiger partial charge in [0.2, 0.25) is 0 Å². The lowest BCUT2D eigenvalue weighted by molar-refractivity contribution is -0.960. The van der Waals surface area contributed by atoms with Crippen molar-refractivity contribution in [1.29, 1.82) is 0 Å². The van der Waals surface area contributed by atoms with Gasteiger partial charge in [-0.25, -0.2) is 0 Å². The number of carbonyl (C=O) groups excluding carboxylic acids is 1. The van der Waals surface area contributed by atoms with Crippen molar-refractivity contribution in [2.24, 2.45) is 0 Å². The van der Waals surface area contributed by atoms with Gasteiger partial charge < -0.3 is 29.9 Å². The van der Waals surface area contributed by atoms with Crippen LogP contribution in [-0.4, -0.2) is 82.1 Å². The summed E-state index contributed by atoms with van der Waals surface area (Å²) in [5.41, 5.74) is 1.36. The first-order valence-electron chi connectivity index (χ1n) is 11.7. The Balaban J connectivity index is 1.24. The quantitative estimate of drug-likeness (QED) is 0.470. The second kappa shape index (κ2) is 9.98. The highest BCUT2D eigenvalue weighted by Gasteiger charge is 2.42. The Kier molecular flexibility index (Phi) is 7.12. The number of rotatable bonds is 6. The van der Waals surface area contributed by atoms with Crippen LogP contribution in [0, 0.1) is 0 Å². The topological polar surface area (TPSA) is 70.7 Å². The SMILES string of the molecule is O=C(C[NH+]1CCN(c2ccc(O)cc2)CC1)NCC1([NH+]2CCOCC2)CCCCC1. The third-order valence-electron chi connectivity index (χ3n) is 7.38. The zero-order valence-electron chi connectivity index (χ0n) is 18.1. The summed E-state index contributed by atoms with van der Waals surface area (Å²) in [6.07, 6.45) is 6.34. The van der Waals surface area contributed by atoms with Gasteiger partial charge in [0.1, 0.15) is 24.4 Å². The van der Waals surface area contributed by atoms with E-state index in [1.54, 1.807) is 17.0 Å². The van der Waals surface area contributed by atoms with Crippen molar-refractivity contribution in [1.82, 2.24) is 5.32 Å². The molecule has 2 aliphatic heterocycles. The number of piperazine rings is 1. The van der Waals surface area contributed by atoms with Gasteiger partial charge in [-0.05, 0) is 37.1 Å². The van der Waals surface area contributed by atoms with Crippen LogP contribution in [0.15, 0.2) is 24.3 Å². The standard InChI is InChI=1S/C23H36N4O3/c28-21-6-4-20(5-7-21)26-12-10-25(11-13-26)18-22(29)24-19-23(8-2-1-3-9-23)27-14-16-30-17-15-27/h4-7,28H,1-3,8-19H2,(H,24,29)/p+2. The van der Waals surface area contributed by atoms with Crippen LogP contribution in [0.2, 0.25) is 0 Å². The summed E-state index contributed by atoms with van der Waals surface area (Å²) in [7, 11) is 0. The van der Waals surface area contributed by atoms with E-state index in [-0.39, 0.29) is 11.4 Å². The fourth-order valence-electron chi connectivity index (χ4n) is 5.51. The first-order chi connectivity index (χ1) is 14.6. The monoisotopic (exact) mass is 418 g/mol. The maximum atomic E-state index is 12.8. The number of aromatic hydroxyl groups is 1. The van der Waals surface area contributed by atoms with Crippen LogP contribution in [-0.2, 0) is 9.53 Å². The highest BCUT2D eigenvalue weighted by molar-refractivity contribution is 5.76. The van der Waals surface area contributed by atoms with E-state index in [1.165, 1.54) is 37.0 Å².